The molecular formula is C19H19N7O5S. The van der Waals surface area contributed by atoms with Gasteiger partial charge in [0.25, 0.3) is 5.56 Å². The Labute approximate surface area is 183 Å². The third-order valence-corrected chi connectivity index (χ3v) is 6.34. The highest BCUT2D eigenvalue weighted by molar-refractivity contribution is 7.13. The Morgan fingerprint density at radius 1 is 1.38 bits per heavy atom. The van der Waals surface area contributed by atoms with Gasteiger partial charge in [-0.05, 0) is 18.4 Å². The van der Waals surface area contributed by atoms with Gasteiger partial charge in [0.2, 0.25) is 11.8 Å². The SMILES string of the molecule is Cc1cn([C@@]2(n3cnc4c(-c5cccs5)nc(N)nc43)C[C@H](O)[C@@H](CO)O2)c(=O)[nH]c1=O. The molecule has 32 heavy (non-hydrogen) atoms. The second kappa shape index (κ2) is 7.34. The lowest BCUT2D eigenvalue weighted by Gasteiger charge is -2.32. The summed E-state index contributed by atoms with van der Waals surface area (Å²) in [7, 11) is 0. The smallest absolute Gasteiger partial charge is 0.332 e. The maximum absolute atomic E-state index is 12.8. The molecule has 0 aromatic carbocycles. The lowest BCUT2D eigenvalue weighted by molar-refractivity contribution is -0.135. The number of ether oxygens (including phenoxy) is 1. The Kier molecular flexibility index (Phi) is 4.70. The van der Waals surface area contributed by atoms with Crippen molar-refractivity contribution in [3.63, 3.8) is 0 Å². The molecule has 1 saturated heterocycles. The highest BCUT2D eigenvalue weighted by Crippen LogP contribution is 2.39. The van der Waals surface area contributed by atoms with E-state index in [1.165, 1.54) is 28.4 Å². The molecule has 1 aliphatic rings. The fourth-order valence-corrected chi connectivity index (χ4v) is 4.66. The van der Waals surface area contributed by atoms with Crippen molar-refractivity contribution in [3.05, 3.63) is 56.4 Å². The van der Waals surface area contributed by atoms with Crippen LogP contribution in [-0.4, -0.2) is 58.1 Å². The minimum Gasteiger partial charge on any atom is -0.394 e. The van der Waals surface area contributed by atoms with Crippen molar-refractivity contribution in [2.45, 2.75) is 31.4 Å². The van der Waals surface area contributed by atoms with Crippen LogP contribution < -0.4 is 17.0 Å². The van der Waals surface area contributed by atoms with Crippen molar-refractivity contribution in [2.24, 2.45) is 0 Å². The number of nitrogen functional groups attached to an aromatic ring is 1. The van der Waals surface area contributed by atoms with Crippen LogP contribution in [0.2, 0.25) is 0 Å². The summed E-state index contributed by atoms with van der Waals surface area (Å²) in [5.41, 5.74) is 6.15. The summed E-state index contributed by atoms with van der Waals surface area (Å²) in [4.78, 5) is 41.0. The monoisotopic (exact) mass is 457 g/mol. The van der Waals surface area contributed by atoms with Crippen molar-refractivity contribution in [3.8, 4) is 10.6 Å². The van der Waals surface area contributed by atoms with E-state index in [1.807, 2.05) is 17.5 Å². The van der Waals surface area contributed by atoms with Crippen molar-refractivity contribution >= 4 is 28.4 Å². The van der Waals surface area contributed by atoms with Crippen LogP contribution in [0, 0.1) is 6.92 Å². The zero-order valence-corrected chi connectivity index (χ0v) is 17.6. The van der Waals surface area contributed by atoms with Gasteiger partial charge in [0.15, 0.2) is 5.65 Å². The number of nitrogens with two attached hydrogens (primary N) is 1. The third-order valence-electron chi connectivity index (χ3n) is 5.47. The van der Waals surface area contributed by atoms with E-state index in [-0.39, 0.29) is 23.6 Å². The van der Waals surface area contributed by atoms with Gasteiger partial charge < -0.3 is 20.7 Å². The number of thiophene rings is 1. The molecule has 0 saturated carbocycles. The zero-order chi connectivity index (χ0) is 22.6. The van der Waals surface area contributed by atoms with E-state index in [0.717, 1.165) is 9.44 Å². The molecule has 12 nitrogen and oxygen atoms in total. The molecular weight excluding hydrogens is 438 g/mol. The fourth-order valence-electron chi connectivity index (χ4n) is 3.94. The van der Waals surface area contributed by atoms with Gasteiger partial charge in [0.05, 0.1) is 17.6 Å². The second-order valence-corrected chi connectivity index (χ2v) is 8.44. The van der Waals surface area contributed by atoms with Gasteiger partial charge in [-0.2, -0.15) is 4.98 Å². The molecule has 0 unspecified atom stereocenters. The number of aromatic nitrogens is 6. The molecule has 0 amide bonds. The minimum absolute atomic E-state index is 0.0138. The average molecular weight is 457 g/mol. The van der Waals surface area contributed by atoms with E-state index in [0.29, 0.717) is 11.2 Å². The molecule has 4 aromatic rings. The van der Waals surface area contributed by atoms with Crippen LogP contribution in [0.1, 0.15) is 12.0 Å². The summed E-state index contributed by atoms with van der Waals surface area (Å²) in [5, 5.41) is 22.2. The lowest BCUT2D eigenvalue weighted by atomic mass is 10.1. The second-order valence-electron chi connectivity index (χ2n) is 7.49. The van der Waals surface area contributed by atoms with Gasteiger partial charge in [-0.3, -0.25) is 18.9 Å². The number of aromatic amines is 1. The molecule has 1 fully saturated rings. The standard InChI is InChI=1S/C19H19N7O5S/c1-9-6-25(18(30)24-16(9)29)19(5-10(28)11(7-27)31-19)26-8-21-14-13(12-3-2-4-32-12)22-17(20)23-15(14)26/h2-4,6,8,10-11,27-28H,5,7H2,1H3,(H2,20,22,23)(H,24,29,30)/t10-,11+,19+/m0/s1. The van der Waals surface area contributed by atoms with E-state index in [9.17, 15) is 19.8 Å². The number of rotatable bonds is 4. The molecule has 0 spiro atoms. The first-order valence-electron chi connectivity index (χ1n) is 9.69. The summed E-state index contributed by atoms with van der Waals surface area (Å²) >= 11 is 1.45. The first-order valence-corrected chi connectivity index (χ1v) is 10.6. The highest BCUT2D eigenvalue weighted by Gasteiger charge is 2.50. The summed E-state index contributed by atoms with van der Waals surface area (Å²) in [6, 6.07) is 3.74. The number of nitrogens with one attached hydrogen (secondary N) is 1. The molecule has 5 rings (SSSR count). The largest absolute Gasteiger partial charge is 0.394 e. The number of hydrogen-bond donors (Lipinski definition) is 4. The topological polar surface area (TPSA) is 174 Å². The normalized spacial score (nSPS) is 23.2. The van der Waals surface area contributed by atoms with Gasteiger partial charge >= 0.3 is 5.69 Å². The molecule has 0 bridgehead atoms. The van der Waals surface area contributed by atoms with Crippen LogP contribution in [-0.2, 0) is 10.6 Å². The van der Waals surface area contributed by atoms with Crippen molar-refractivity contribution in [1.82, 2.24) is 29.1 Å². The number of hydrogen-bond acceptors (Lipinski definition) is 10. The van der Waals surface area contributed by atoms with Crippen LogP contribution in [0.4, 0.5) is 5.95 Å². The Morgan fingerprint density at radius 3 is 2.88 bits per heavy atom. The number of aliphatic hydroxyl groups is 2. The Morgan fingerprint density at radius 2 is 2.19 bits per heavy atom. The number of aliphatic hydroxyl groups excluding tert-OH is 2. The summed E-state index contributed by atoms with van der Waals surface area (Å²) in [6.45, 7) is 1.06. The molecule has 5 heterocycles. The Bertz CT molecular complexity index is 1430. The Balaban J connectivity index is 1.82. The van der Waals surface area contributed by atoms with Crippen LogP contribution in [0.15, 0.2) is 39.6 Å². The average Bonchev–Trinajstić information content (AvgIpc) is 3.49. The molecule has 0 aliphatic carbocycles. The summed E-state index contributed by atoms with van der Waals surface area (Å²) in [5.74, 6) is -1.68. The number of anilines is 1. The van der Waals surface area contributed by atoms with Crippen molar-refractivity contribution in [2.75, 3.05) is 12.3 Å². The van der Waals surface area contributed by atoms with E-state index in [1.54, 1.807) is 6.92 Å². The summed E-state index contributed by atoms with van der Waals surface area (Å²) in [6.07, 6.45) is 0.544. The number of imidazole rings is 1. The predicted octanol–water partition coefficient (Wildman–Crippen LogP) is -0.404. The van der Waals surface area contributed by atoms with Gasteiger partial charge in [0, 0.05) is 18.2 Å². The lowest BCUT2D eigenvalue weighted by Crippen LogP contribution is -2.49. The molecule has 166 valence electrons. The predicted molar refractivity (Wildman–Crippen MR) is 115 cm³/mol. The fraction of sp³-hybridized carbons (Fsp3) is 0.316. The van der Waals surface area contributed by atoms with Crippen LogP contribution in [0.25, 0.3) is 21.7 Å². The molecule has 4 aromatic heterocycles. The van der Waals surface area contributed by atoms with E-state index >= 15 is 0 Å². The van der Waals surface area contributed by atoms with Gasteiger partial charge in [0.1, 0.15) is 23.6 Å². The molecule has 13 heteroatoms. The van der Waals surface area contributed by atoms with E-state index in [2.05, 4.69) is 19.9 Å². The van der Waals surface area contributed by atoms with Gasteiger partial charge in [-0.15, -0.1) is 11.3 Å². The maximum atomic E-state index is 12.8. The molecule has 1 aliphatic heterocycles. The van der Waals surface area contributed by atoms with Gasteiger partial charge in [-0.1, -0.05) is 6.07 Å². The Hall–Kier alpha value is -3.39. The first kappa shape index (κ1) is 20.5. The van der Waals surface area contributed by atoms with Crippen molar-refractivity contribution < 1.29 is 14.9 Å². The number of aryl methyl sites for hydroxylation is 1. The number of H-pyrrole nitrogens is 1. The molecule has 5 N–H and O–H groups in total. The quantitative estimate of drug-likeness (QED) is 0.318. The first-order chi connectivity index (χ1) is 15.3. The van der Waals surface area contributed by atoms with E-state index in [4.69, 9.17) is 10.5 Å². The third kappa shape index (κ3) is 2.97. The maximum Gasteiger partial charge on any atom is 0.332 e. The minimum atomic E-state index is -1.67. The molecule has 0 radical (unpaired) electrons. The number of fused-ring (bicyclic) bond motifs is 1. The zero-order valence-electron chi connectivity index (χ0n) is 16.8. The molecule has 3 atom stereocenters. The van der Waals surface area contributed by atoms with Crippen LogP contribution >= 0.6 is 11.3 Å². The highest BCUT2D eigenvalue weighted by atomic mass is 32.1. The van der Waals surface area contributed by atoms with Crippen molar-refractivity contribution in [1.29, 1.82) is 0 Å². The van der Waals surface area contributed by atoms with Crippen LogP contribution in [0.5, 0.6) is 0 Å². The van der Waals surface area contributed by atoms with Gasteiger partial charge in [-0.25, -0.2) is 14.8 Å². The van der Waals surface area contributed by atoms with E-state index < -0.39 is 35.9 Å². The number of nitrogens with zero attached hydrogens (tertiary/aromatic N) is 5. The summed E-state index contributed by atoms with van der Waals surface area (Å²) < 4.78 is 8.69. The van der Waals surface area contributed by atoms with Crippen LogP contribution in [0.3, 0.4) is 0 Å².